The molecule has 0 fully saturated rings. The second-order valence-electron chi connectivity index (χ2n) is 7.28. The average molecular weight is 426 g/mol. The molecular formula is C24H31N3O4. The number of ether oxygens (including phenoxy) is 3. The lowest BCUT2D eigenvalue weighted by Gasteiger charge is -2.26. The van der Waals surface area contributed by atoms with E-state index < -0.39 is 0 Å². The van der Waals surface area contributed by atoms with Gasteiger partial charge in [-0.1, -0.05) is 26.0 Å². The summed E-state index contributed by atoms with van der Waals surface area (Å²) in [5, 5.41) is 6.37. The van der Waals surface area contributed by atoms with Crippen molar-refractivity contribution in [3.05, 3.63) is 53.6 Å². The van der Waals surface area contributed by atoms with Crippen LogP contribution in [0.1, 0.15) is 37.4 Å². The van der Waals surface area contributed by atoms with Crippen LogP contribution < -0.4 is 14.2 Å². The van der Waals surface area contributed by atoms with E-state index in [2.05, 4.69) is 18.7 Å². The SMILES string of the molecule is CCN(CC)CC(=O)N1N=C(c2ccc(OC)cc2)CC1c1cccc(OC)c1OC. The molecular weight excluding hydrogens is 394 g/mol. The molecule has 1 aliphatic heterocycles. The molecule has 0 saturated heterocycles. The first-order chi connectivity index (χ1) is 15.1. The normalized spacial score (nSPS) is 15.7. The first-order valence-corrected chi connectivity index (χ1v) is 10.5. The Bertz CT molecular complexity index is 923. The molecule has 0 spiro atoms. The summed E-state index contributed by atoms with van der Waals surface area (Å²) in [6, 6.07) is 13.2. The Morgan fingerprint density at radius 2 is 1.74 bits per heavy atom. The zero-order chi connectivity index (χ0) is 22.4. The first-order valence-electron chi connectivity index (χ1n) is 10.5. The molecule has 1 unspecified atom stereocenters. The van der Waals surface area contributed by atoms with Gasteiger partial charge in [0.05, 0.1) is 39.6 Å². The zero-order valence-corrected chi connectivity index (χ0v) is 18.9. The molecule has 3 rings (SSSR count). The molecule has 2 aromatic carbocycles. The van der Waals surface area contributed by atoms with Gasteiger partial charge in [-0.05, 0) is 49.0 Å². The van der Waals surface area contributed by atoms with E-state index in [0.29, 0.717) is 24.5 Å². The van der Waals surface area contributed by atoms with Crippen LogP contribution in [0.3, 0.4) is 0 Å². The Balaban J connectivity index is 1.99. The number of amides is 1. The average Bonchev–Trinajstić information content (AvgIpc) is 3.27. The molecule has 0 radical (unpaired) electrons. The third-order valence-electron chi connectivity index (χ3n) is 5.63. The third-order valence-corrected chi connectivity index (χ3v) is 5.63. The molecule has 0 N–H and O–H groups in total. The van der Waals surface area contributed by atoms with Gasteiger partial charge in [-0.25, -0.2) is 5.01 Å². The van der Waals surface area contributed by atoms with Crippen molar-refractivity contribution >= 4 is 11.6 Å². The quantitative estimate of drug-likeness (QED) is 0.613. The molecule has 1 amide bonds. The van der Waals surface area contributed by atoms with Crippen LogP contribution in [0.25, 0.3) is 0 Å². The summed E-state index contributed by atoms with van der Waals surface area (Å²) in [6.07, 6.45) is 0.583. The molecule has 7 nitrogen and oxygen atoms in total. The molecule has 166 valence electrons. The van der Waals surface area contributed by atoms with Crippen LogP contribution in [0.15, 0.2) is 47.6 Å². The number of rotatable bonds is 9. The van der Waals surface area contributed by atoms with Crippen molar-refractivity contribution in [3.8, 4) is 17.2 Å². The number of hydrogen-bond acceptors (Lipinski definition) is 6. The van der Waals surface area contributed by atoms with E-state index in [1.54, 1.807) is 26.3 Å². The summed E-state index contributed by atoms with van der Waals surface area (Å²) >= 11 is 0. The number of nitrogens with zero attached hydrogens (tertiary/aromatic N) is 3. The summed E-state index contributed by atoms with van der Waals surface area (Å²) in [7, 11) is 4.86. The molecule has 1 heterocycles. The molecule has 1 atom stereocenters. The Labute approximate surface area is 184 Å². The smallest absolute Gasteiger partial charge is 0.257 e. The molecule has 2 aromatic rings. The lowest BCUT2D eigenvalue weighted by Crippen LogP contribution is -2.38. The lowest BCUT2D eigenvalue weighted by molar-refractivity contribution is -0.134. The van der Waals surface area contributed by atoms with Crippen molar-refractivity contribution in [2.45, 2.75) is 26.3 Å². The molecule has 31 heavy (non-hydrogen) atoms. The van der Waals surface area contributed by atoms with Crippen LogP contribution in [-0.2, 0) is 4.79 Å². The molecule has 0 saturated carbocycles. The second kappa shape index (κ2) is 10.3. The van der Waals surface area contributed by atoms with Gasteiger partial charge in [0.2, 0.25) is 0 Å². The van der Waals surface area contributed by atoms with Crippen molar-refractivity contribution < 1.29 is 19.0 Å². The monoisotopic (exact) mass is 425 g/mol. The summed E-state index contributed by atoms with van der Waals surface area (Å²) < 4.78 is 16.4. The van der Waals surface area contributed by atoms with Gasteiger partial charge >= 0.3 is 0 Å². The van der Waals surface area contributed by atoms with Crippen LogP contribution in [-0.4, -0.2) is 62.5 Å². The lowest BCUT2D eigenvalue weighted by atomic mass is 9.97. The Kier molecular flexibility index (Phi) is 7.52. The highest BCUT2D eigenvalue weighted by Gasteiger charge is 2.35. The van der Waals surface area contributed by atoms with E-state index >= 15 is 0 Å². The second-order valence-corrected chi connectivity index (χ2v) is 7.28. The minimum absolute atomic E-state index is 0.0397. The topological polar surface area (TPSA) is 63.6 Å². The van der Waals surface area contributed by atoms with E-state index in [-0.39, 0.29) is 11.9 Å². The number of carbonyl (C=O) groups is 1. The van der Waals surface area contributed by atoms with Crippen molar-refractivity contribution in [1.29, 1.82) is 0 Å². The fourth-order valence-corrected chi connectivity index (χ4v) is 3.83. The van der Waals surface area contributed by atoms with Gasteiger partial charge < -0.3 is 14.2 Å². The van der Waals surface area contributed by atoms with Gasteiger partial charge in [0.1, 0.15) is 5.75 Å². The largest absolute Gasteiger partial charge is 0.497 e. The maximum Gasteiger partial charge on any atom is 0.257 e. The van der Waals surface area contributed by atoms with E-state index in [0.717, 1.165) is 35.7 Å². The Morgan fingerprint density at radius 1 is 1.03 bits per heavy atom. The highest BCUT2D eigenvalue weighted by atomic mass is 16.5. The third kappa shape index (κ3) is 4.82. The van der Waals surface area contributed by atoms with Crippen molar-refractivity contribution in [1.82, 2.24) is 9.91 Å². The predicted octanol–water partition coefficient (Wildman–Crippen LogP) is 3.73. The van der Waals surface area contributed by atoms with Gasteiger partial charge in [-0.2, -0.15) is 5.10 Å². The Morgan fingerprint density at radius 3 is 2.32 bits per heavy atom. The number of hydrazone groups is 1. The summed E-state index contributed by atoms with van der Waals surface area (Å²) in [4.78, 5) is 15.4. The number of likely N-dealkylation sites (N-methyl/N-ethyl adjacent to an activating group) is 1. The van der Waals surface area contributed by atoms with Crippen LogP contribution >= 0.6 is 0 Å². The van der Waals surface area contributed by atoms with Gasteiger partial charge in [0, 0.05) is 12.0 Å². The van der Waals surface area contributed by atoms with Crippen LogP contribution in [0.2, 0.25) is 0 Å². The first kappa shape index (κ1) is 22.6. The minimum atomic E-state index is -0.273. The predicted molar refractivity (Wildman–Crippen MR) is 121 cm³/mol. The van der Waals surface area contributed by atoms with E-state index in [1.807, 2.05) is 42.5 Å². The minimum Gasteiger partial charge on any atom is -0.497 e. The van der Waals surface area contributed by atoms with Crippen LogP contribution in [0.4, 0.5) is 0 Å². The van der Waals surface area contributed by atoms with Gasteiger partial charge in [0.25, 0.3) is 5.91 Å². The zero-order valence-electron chi connectivity index (χ0n) is 18.9. The van der Waals surface area contributed by atoms with Crippen molar-refractivity contribution in [3.63, 3.8) is 0 Å². The highest BCUT2D eigenvalue weighted by Crippen LogP contribution is 2.41. The van der Waals surface area contributed by atoms with E-state index in [1.165, 1.54) is 0 Å². The molecule has 0 bridgehead atoms. The fourth-order valence-electron chi connectivity index (χ4n) is 3.83. The van der Waals surface area contributed by atoms with Gasteiger partial charge in [0.15, 0.2) is 11.5 Å². The summed E-state index contributed by atoms with van der Waals surface area (Å²) in [5.41, 5.74) is 2.69. The van der Waals surface area contributed by atoms with Crippen molar-refractivity contribution in [2.24, 2.45) is 5.10 Å². The van der Waals surface area contributed by atoms with E-state index in [9.17, 15) is 4.79 Å². The molecule has 1 aliphatic rings. The summed E-state index contributed by atoms with van der Waals surface area (Å²) in [5.74, 6) is 2.00. The number of carbonyl (C=O) groups excluding carboxylic acids is 1. The maximum atomic E-state index is 13.3. The molecule has 0 aliphatic carbocycles. The number of methoxy groups -OCH3 is 3. The maximum absolute atomic E-state index is 13.3. The van der Waals surface area contributed by atoms with E-state index in [4.69, 9.17) is 19.3 Å². The summed E-state index contributed by atoms with van der Waals surface area (Å²) in [6.45, 7) is 6.02. The molecule has 0 aromatic heterocycles. The number of hydrogen-bond donors (Lipinski definition) is 0. The highest BCUT2D eigenvalue weighted by molar-refractivity contribution is 6.03. The van der Waals surface area contributed by atoms with Crippen LogP contribution in [0, 0.1) is 0 Å². The molecule has 7 heteroatoms. The van der Waals surface area contributed by atoms with Crippen LogP contribution in [0.5, 0.6) is 17.2 Å². The van der Waals surface area contributed by atoms with Gasteiger partial charge in [-0.3, -0.25) is 9.69 Å². The van der Waals surface area contributed by atoms with Gasteiger partial charge in [-0.15, -0.1) is 0 Å². The van der Waals surface area contributed by atoms with Crippen molar-refractivity contribution in [2.75, 3.05) is 41.0 Å². The fraction of sp³-hybridized carbons (Fsp3) is 0.417. The standard InChI is InChI=1S/C24H31N3O4/c1-6-26(7-2)16-23(28)27-21(19-9-8-10-22(30-4)24(19)31-5)15-20(25-27)17-11-13-18(29-3)14-12-17/h8-14,21H,6-7,15-16H2,1-5H3. The number of para-hydroxylation sites is 1. The number of benzene rings is 2. The Hall–Kier alpha value is -3.06.